The van der Waals surface area contributed by atoms with Crippen molar-refractivity contribution in [3.63, 3.8) is 0 Å². The fourth-order valence-electron chi connectivity index (χ4n) is 1.69. The number of aliphatic hydroxyl groups is 1. The topological polar surface area (TPSA) is 32.3 Å². The second-order valence-corrected chi connectivity index (χ2v) is 3.91. The Hall–Kier alpha value is -0.340. The second kappa shape index (κ2) is 6.17. The van der Waals surface area contributed by atoms with Crippen LogP contribution in [0.3, 0.4) is 0 Å². The van der Waals surface area contributed by atoms with Crippen LogP contribution in [0, 0.1) is 0 Å². The molecule has 0 fully saturated rings. The Labute approximate surface area is 81.0 Å². The van der Waals surface area contributed by atoms with E-state index < -0.39 is 0 Å². The van der Waals surface area contributed by atoms with Gasteiger partial charge in [0.15, 0.2) is 0 Å². The third-order valence-electron chi connectivity index (χ3n) is 2.45. The van der Waals surface area contributed by atoms with Crippen LogP contribution in [0.15, 0.2) is 11.6 Å². The summed E-state index contributed by atoms with van der Waals surface area (Å²) in [5, 5.41) is 12.3. The first-order valence-electron chi connectivity index (χ1n) is 5.35. The van der Waals surface area contributed by atoms with Gasteiger partial charge in [0.05, 0.1) is 6.10 Å². The highest BCUT2D eigenvalue weighted by molar-refractivity contribution is 5.05. The molecule has 2 nitrogen and oxygen atoms in total. The molecule has 0 aromatic heterocycles. The van der Waals surface area contributed by atoms with Crippen molar-refractivity contribution >= 4 is 0 Å². The van der Waals surface area contributed by atoms with E-state index in [9.17, 15) is 0 Å². The first kappa shape index (κ1) is 10.7. The summed E-state index contributed by atoms with van der Waals surface area (Å²) < 4.78 is 0. The molecule has 13 heavy (non-hydrogen) atoms. The minimum absolute atomic E-state index is 0.222. The average Bonchev–Trinajstić information content (AvgIpc) is 2.14. The van der Waals surface area contributed by atoms with Gasteiger partial charge in [0.2, 0.25) is 0 Å². The van der Waals surface area contributed by atoms with E-state index in [1.165, 1.54) is 25.7 Å². The molecule has 0 amide bonds. The first-order valence-corrected chi connectivity index (χ1v) is 5.35. The van der Waals surface area contributed by atoms with Crippen LogP contribution in [0.4, 0.5) is 0 Å². The molecule has 0 saturated carbocycles. The number of hydrogen-bond acceptors (Lipinski definition) is 2. The van der Waals surface area contributed by atoms with Gasteiger partial charge in [-0.3, -0.25) is 0 Å². The molecule has 0 aliphatic heterocycles. The minimum atomic E-state index is -0.222. The van der Waals surface area contributed by atoms with Crippen molar-refractivity contribution in [2.24, 2.45) is 0 Å². The molecule has 1 unspecified atom stereocenters. The SMILES string of the molecule is CC(O)CNCCC1=CCCCC1. The zero-order chi connectivity index (χ0) is 9.52. The van der Waals surface area contributed by atoms with Crippen LogP contribution in [0.5, 0.6) is 0 Å². The fourth-order valence-corrected chi connectivity index (χ4v) is 1.69. The molecule has 0 aromatic carbocycles. The quantitative estimate of drug-likeness (QED) is 0.503. The van der Waals surface area contributed by atoms with Gasteiger partial charge in [-0.05, 0) is 45.6 Å². The lowest BCUT2D eigenvalue weighted by Gasteiger charge is -2.13. The summed E-state index contributed by atoms with van der Waals surface area (Å²) in [6.45, 7) is 3.54. The largest absolute Gasteiger partial charge is 0.392 e. The summed E-state index contributed by atoms with van der Waals surface area (Å²) in [6.07, 6.45) is 8.61. The highest BCUT2D eigenvalue weighted by atomic mass is 16.3. The smallest absolute Gasteiger partial charge is 0.0636 e. The van der Waals surface area contributed by atoms with E-state index in [1.54, 1.807) is 5.57 Å². The Morgan fingerprint density at radius 1 is 1.54 bits per heavy atom. The van der Waals surface area contributed by atoms with E-state index in [0.717, 1.165) is 13.0 Å². The summed E-state index contributed by atoms with van der Waals surface area (Å²) in [4.78, 5) is 0. The zero-order valence-corrected chi connectivity index (χ0v) is 8.55. The Morgan fingerprint density at radius 2 is 2.38 bits per heavy atom. The van der Waals surface area contributed by atoms with Crippen LogP contribution >= 0.6 is 0 Å². The molecule has 0 radical (unpaired) electrons. The monoisotopic (exact) mass is 183 g/mol. The highest BCUT2D eigenvalue weighted by Crippen LogP contribution is 2.19. The molecule has 0 aromatic rings. The lowest BCUT2D eigenvalue weighted by Crippen LogP contribution is -2.25. The summed E-state index contributed by atoms with van der Waals surface area (Å²) in [7, 11) is 0. The molecular weight excluding hydrogens is 162 g/mol. The molecule has 0 spiro atoms. The van der Waals surface area contributed by atoms with Crippen LogP contribution in [0.1, 0.15) is 39.0 Å². The predicted molar refractivity (Wildman–Crippen MR) is 55.7 cm³/mol. The fraction of sp³-hybridized carbons (Fsp3) is 0.818. The van der Waals surface area contributed by atoms with Gasteiger partial charge in [0, 0.05) is 6.54 Å². The van der Waals surface area contributed by atoms with E-state index in [-0.39, 0.29) is 6.10 Å². The molecule has 0 saturated heterocycles. The normalized spacial score (nSPS) is 19.7. The third kappa shape index (κ3) is 5.06. The first-order chi connectivity index (χ1) is 6.29. The molecule has 76 valence electrons. The number of hydrogen-bond donors (Lipinski definition) is 2. The van der Waals surface area contributed by atoms with Gasteiger partial charge in [-0.2, -0.15) is 0 Å². The van der Waals surface area contributed by atoms with Crippen molar-refractivity contribution in [2.75, 3.05) is 13.1 Å². The van der Waals surface area contributed by atoms with Crippen LogP contribution in [0.25, 0.3) is 0 Å². The van der Waals surface area contributed by atoms with E-state index in [2.05, 4.69) is 11.4 Å². The Kier molecular flexibility index (Phi) is 5.09. The summed E-state index contributed by atoms with van der Waals surface area (Å²) in [5.74, 6) is 0. The molecule has 0 heterocycles. The average molecular weight is 183 g/mol. The van der Waals surface area contributed by atoms with Crippen molar-refractivity contribution in [3.8, 4) is 0 Å². The second-order valence-electron chi connectivity index (χ2n) is 3.91. The van der Waals surface area contributed by atoms with E-state index in [0.29, 0.717) is 6.54 Å². The maximum absolute atomic E-state index is 9.01. The molecule has 1 atom stereocenters. The molecule has 1 rings (SSSR count). The molecule has 2 N–H and O–H groups in total. The van der Waals surface area contributed by atoms with Gasteiger partial charge in [0.25, 0.3) is 0 Å². The standard InChI is InChI=1S/C11H21NO/c1-10(13)9-12-8-7-11-5-3-2-4-6-11/h5,10,12-13H,2-4,6-9H2,1H3. The van der Waals surface area contributed by atoms with Gasteiger partial charge in [-0.25, -0.2) is 0 Å². The third-order valence-corrected chi connectivity index (χ3v) is 2.45. The van der Waals surface area contributed by atoms with Gasteiger partial charge < -0.3 is 10.4 Å². The predicted octanol–water partition coefficient (Wildman–Crippen LogP) is 1.85. The van der Waals surface area contributed by atoms with Crippen molar-refractivity contribution in [1.82, 2.24) is 5.32 Å². The summed E-state index contributed by atoms with van der Waals surface area (Å²) in [6, 6.07) is 0. The lowest BCUT2D eigenvalue weighted by atomic mass is 9.97. The van der Waals surface area contributed by atoms with E-state index >= 15 is 0 Å². The highest BCUT2D eigenvalue weighted by Gasteiger charge is 2.02. The minimum Gasteiger partial charge on any atom is -0.392 e. The van der Waals surface area contributed by atoms with Crippen molar-refractivity contribution < 1.29 is 5.11 Å². The van der Waals surface area contributed by atoms with Crippen LogP contribution in [-0.4, -0.2) is 24.3 Å². The Balaban J connectivity index is 2.01. The van der Waals surface area contributed by atoms with Crippen LogP contribution < -0.4 is 5.32 Å². The van der Waals surface area contributed by atoms with Crippen molar-refractivity contribution in [3.05, 3.63) is 11.6 Å². The Morgan fingerprint density at radius 3 is 3.00 bits per heavy atom. The van der Waals surface area contributed by atoms with E-state index in [4.69, 9.17) is 5.11 Å². The Bertz CT molecular complexity index is 163. The van der Waals surface area contributed by atoms with Crippen LogP contribution in [0.2, 0.25) is 0 Å². The molecule has 1 aliphatic carbocycles. The summed E-state index contributed by atoms with van der Waals surface area (Å²) in [5.41, 5.74) is 1.60. The van der Waals surface area contributed by atoms with E-state index in [1.807, 2.05) is 6.92 Å². The van der Waals surface area contributed by atoms with Crippen molar-refractivity contribution in [1.29, 1.82) is 0 Å². The van der Waals surface area contributed by atoms with Gasteiger partial charge >= 0.3 is 0 Å². The lowest BCUT2D eigenvalue weighted by molar-refractivity contribution is 0.191. The van der Waals surface area contributed by atoms with Crippen LogP contribution in [-0.2, 0) is 0 Å². The number of allylic oxidation sites excluding steroid dienone is 1. The number of rotatable bonds is 5. The number of nitrogens with one attached hydrogen (secondary N) is 1. The summed E-state index contributed by atoms with van der Waals surface area (Å²) >= 11 is 0. The molecule has 1 aliphatic rings. The molecule has 2 heteroatoms. The van der Waals surface area contributed by atoms with Gasteiger partial charge in [0.1, 0.15) is 0 Å². The van der Waals surface area contributed by atoms with Gasteiger partial charge in [-0.1, -0.05) is 11.6 Å². The molecular formula is C11H21NO. The number of aliphatic hydroxyl groups excluding tert-OH is 1. The zero-order valence-electron chi connectivity index (χ0n) is 8.55. The van der Waals surface area contributed by atoms with Crippen molar-refractivity contribution in [2.45, 2.75) is 45.1 Å². The maximum atomic E-state index is 9.01. The molecule has 0 bridgehead atoms. The maximum Gasteiger partial charge on any atom is 0.0636 e. The van der Waals surface area contributed by atoms with Gasteiger partial charge in [-0.15, -0.1) is 0 Å².